The molecule has 0 bridgehead atoms. The Morgan fingerprint density at radius 2 is 1.90 bits per heavy atom. The minimum absolute atomic E-state index is 0.0428. The van der Waals surface area contributed by atoms with E-state index in [1.54, 1.807) is 18.2 Å². The van der Waals surface area contributed by atoms with Gasteiger partial charge in [0.15, 0.2) is 0 Å². The van der Waals surface area contributed by atoms with Crippen LogP contribution < -0.4 is 5.32 Å². The van der Waals surface area contributed by atoms with Gasteiger partial charge in [-0.25, -0.2) is 0 Å². The Hall–Kier alpha value is -2.57. The molecule has 0 unspecified atom stereocenters. The third-order valence-corrected chi connectivity index (χ3v) is 2.63. The maximum atomic E-state index is 12.1. The molecule has 20 heavy (non-hydrogen) atoms. The zero-order chi connectivity index (χ0) is 14.2. The summed E-state index contributed by atoms with van der Waals surface area (Å²) in [6.07, 6.45) is 0.431. The van der Waals surface area contributed by atoms with E-state index in [1.807, 2.05) is 36.4 Å². The number of amides is 1. The van der Waals surface area contributed by atoms with E-state index in [0.717, 1.165) is 11.3 Å². The van der Waals surface area contributed by atoms with Gasteiger partial charge in [0.25, 0.3) is 5.91 Å². The molecule has 0 radical (unpaired) electrons. The highest BCUT2D eigenvalue weighted by Gasteiger charge is 2.05. The molecule has 2 rings (SSSR count). The van der Waals surface area contributed by atoms with Crippen LogP contribution in [0.3, 0.4) is 0 Å². The zero-order valence-corrected chi connectivity index (χ0v) is 11.0. The fourth-order valence-electron chi connectivity index (χ4n) is 1.68. The van der Waals surface area contributed by atoms with Gasteiger partial charge in [-0.3, -0.25) is 4.79 Å². The smallest absolute Gasteiger partial charge is 0.255 e. The van der Waals surface area contributed by atoms with Gasteiger partial charge >= 0.3 is 0 Å². The number of benzene rings is 2. The minimum Gasteiger partial charge on any atom is -0.395 e. The van der Waals surface area contributed by atoms with E-state index < -0.39 is 0 Å². The molecule has 0 fully saturated rings. The molecular weight excluding hydrogens is 250 g/mol. The van der Waals surface area contributed by atoms with E-state index in [1.165, 1.54) is 0 Å². The lowest BCUT2D eigenvalue weighted by Gasteiger charge is -2.05. The molecule has 0 saturated heterocycles. The number of nitrogens with one attached hydrogen (secondary N) is 1. The van der Waals surface area contributed by atoms with E-state index in [0.29, 0.717) is 12.0 Å². The van der Waals surface area contributed by atoms with Crippen LogP contribution in [0.4, 0.5) is 5.69 Å². The molecule has 0 aliphatic rings. The third-order valence-electron chi connectivity index (χ3n) is 2.63. The summed E-state index contributed by atoms with van der Waals surface area (Å²) in [6.45, 7) is 0.0428. The molecular formula is C17H15NO2. The Morgan fingerprint density at radius 1 is 1.10 bits per heavy atom. The highest BCUT2D eigenvalue weighted by atomic mass is 16.2. The summed E-state index contributed by atoms with van der Waals surface area (Å²) in [4.78, 5) is 12.1. The summed E-state index contributed by atoms with van der Waals surface area (Å²) >= 11 is 0. The lowest BCUT2D eigenvalue weighted by atomic mass is 10.1. The van der Waals surface area contributed by atoms with Crippen LogP contribution in [0.1, 0.15) is 22.3 Å². The van der Waals surface area contributed by atoms with Crippen LogP contribution in [0.15, 0.2) is 54.6 Å². The first kappa shape index (κ1) is 13.9. The summed E-state index contributed by atoms with van der Waals surface area (Å²) in [7, 11) is 0. The van der Waals surface area contributed by atoms with Gasteiger partial charge < -0.3 is 10.4 Å². The molecule has 0 spiro atoms. The van der Waals surface area contributed by atoms with Crippen molar-refractivity contribution in [2.45, 2.75) is 6.42 Å². The fraction of sp³-hybridized carbons (Fsp3) is 0.118. The van der Waals surface area contributed by atoms with Gasteiger partial charge in [-0.2, -0.15) is 0 Å². The summed E-state index contributed by atoms with van der Waals surface area (Å²) in [6, 6.07) is 16.4. The molecule has 100 valence electrons. The van der Waals surface area contributed by atoms with Crippen molar-refractivity contribution in [3.63, 3.8) is 0 Å². The largest absolute Gasteiger partial charge is 0.395 e. The second-order valence-electron chi connectivity index (χ2n) is 4.18. The Labute approximate surface area is 118 Å². The molecule has 0 aliphatic heterocycles. The van der Waals surface area contributed by atoms with Crippen molar-refractivity contribution in [3.05, 3.63) is 65.7 Å². The van der Waals surface area contributed by atoms with Gasteiger partial charge in [-0.15, -0.1) is 0 Å². The van der Waals surface area contributed by atoms with Crippen molar-refractivity contribution in [1.82, 2.24) is 0 Å². The maximum Gasteiger partial charge on any atom is 0.255 e. The Morgan fingerprint density at radius 3 is 2.65 bits per heavy atom. The first-order valence-electron chi connectivity index (χ1n) is 6.36. The first-order valence-corrected chi connectivity index (χ1v) is 6.36. The van der Waals surface area contributed by atoms with Gasteiger partial charge in [0.2, 0.25) is 0 Å². The number of carbonyl (C=O) groups is 1. The van der Waals surface area contributed by atoms with Crippen LogP contribution in [0.25, 0.3) is 0 Å². The quantitative estimate of drug-likeness (QED) is 0.838. The molecule has 2 aromatic carbocycles. The number of aliphatic hydroxyl groups is 1. The van der Waals surface area contributed by atoms with Crippen LogP contribution in [0.2, 0.25) is 0 Å². The summed E-state index contributed by atoms with van der Waals surface area (Å²) in [5.74, 6) is 5.59. The van der Waals surface area contributed by atoms with Crippen LogP contribution in [0, 0.1) is 11.8 Å². The Kier molecular flexibility index (Phi) is 4.94. The summed E-state index contributed by atoms with van der Waals surface area (Å²) in [5.41, 5.74) is 2.08. The lowest BCUT2D eigenvalue weighted by molar-refractivity contribution is 0.102. The maximum absolute atomic E-state index is 12.1. The predicted octanol–water partition coefficient (Wildman–Crippen LogP) is 2.67. The molecule has 2 N–H and O–H groups in total. The number of hydrogen-bond acceptors (Lipinski definition) is 2. The molecule has 2 aromatic rings. The van der Waals surface area contributed by atoms with Crippen LogP contribution in [-0.2, 0) is 0 Å². The van der Waals surface area contributed by atoms with Crippen LogP contribution in [-0.4, -0.2) is 17.6 Å². The number of anilines is 1. The monoisotopic (exact) mass is 265 g/mol. The van der Waals surface area contributed by atoms with Crippen LogP contribution in [0.5, 0.6) is 0 Å². The van der Waals surface area contributed by atoms with E-state index >= 15 is 0 Å². The Balaban J connectivity index is 2.11. The van der Waals surface area contributed by atoms with Crippen molar-refractivity contribution in [1.29, 1.82) is 0 Å². The number of hydrogen-bond donors (Lipinski definition) is 2. The first-order chi connectivity index (χ1) is 9.79. The second-order valence-corrected chi connectivity index (χ2v) is 4.18. The molecule has 0 saturated carbocycles. The Bertz CT molecular complexity index is 639. The van der Waals surface area contributed by atoms with Gasteiger partial charge in [0, 0.05) is 23.2 Å². The average Bonchev–Trinajstić information content (AvgIpc) is 2.49. The van der Waals surface area contributed by atoms with Gasteiger partial charge in [0.1, 0.15) is 0 Å². The predicted molar refractivity (Wildman–Crippen MR) is 79.4 cm³/mol. The normalized spacial score (nSPS) is 9.45. The van der Waals surface area contributed by atoms with E-state index in [9.17, 15) is 4.79 Å². The van der Waals surface area contributed by atoms with E-state index in [-0.39, 0.29) is 12.5 Å². The number of para-hydroxylation sites is 1. The van der Waals surface area contributed by atoms with Crippen molar-refractivity contribution < 1.29 is 9.90 Å². The van der Waals surface area contributed by atoms with Crippen molar-refractivity contribution in [3.8, 4) is 11.8 Å². The number of rotatable bonds is 3. The van der Waals surface area contributed by atoms with Gasteiger partial charge in [-0.1, -0.05) is 36.1 Å². The summed E-state index contributed by atoms with van der Waals surface area (Å²) < 4.78 is 0. The van der Waals surface area contributed by atoms with Crippen molar-refractivity contribution in [2.75, 3.05) is 11.9 Å². The van der Waals surface area contributed by atoms with Crippen molar-refractivity contribution >= 4 is 11.6 Å². The highest BCUT2D eigenvalue weighted by Crippen LogP contribution is 2.10. The number of carbonyl (C=O) groups excluding carboxylic acids is 1. The van der Waals surface area contributed by atoms with E-state index in [4.69, 9.17) is 5.11 Å². The zero-order valence-electron chi connectivity index (χ0n) is 11.0. The SMILES string of the molecule is O=C(Nc1ccccc1)c1cccc(C#CCCO)c1. The lowest BCUT2D eigenvalue weighted by Crippen LogP contribution is -2.11. The fourth-order valence-corrected chi connectivity index (χ4v) is 1.68. The molecule has 0 aliphatic carbocycles. The van der Waals surface area contributed by atoms with Crippen molar-refractivity contribution in [2.24, 2.45) is 0 Å². The summed E-state index contributed by atoms with van der Waals surface area (Å²) in [5, 5.41) is 11.5. The highest BCUT2D eigenvalue weighted by molar-refractivity contribution is 6.04. The molecule has 0 aromatic heterocycles. The standard InChI is InChI=1S/C17H15NO2/c19-12-5-4-7-14-8-6-9-15(13-14)17(20)18-16-10-2-1-3-11-16/h1-3,6,8-11,13,19H,5,12H2,(H,18,20). The minimum atomic E-state index is -0.165. The number of aliphatic hydroxyl groups excluding tert-OH is 1. The molecule has 0 atom stereocenters. The topological polar surface area (TPSA) is 49.3 Å². The molecule has 0 heterocycles. The van der Waals surface area contributed by atoms with E-state index in [2.05, 4.69) is 17.2 Å². The average molecular weight is 265 g/mol. The van der Waals surface area contributed by atoms with Crippen LogP contribution >= 0.6 is 0 Å². The third kappa shape index (κ3) is 3.98. The van der Waals surface area contributed by atoms with Gasteiger partial charge in [-0.05, 0) is 30.3 Å². The molecule has 1 amide bonds. The van der Waals surface area contributed by atoms with Gasteiger partial charge in [0.05, 0.1) is 6.61 Å². The second kappa shape index (κ2) is 7.13. The molecule has 3 nitrogen and oxygen atoms in total. The molecule has 3 heteroatoms.